The standard InChI is InChI=1S/C20H21ClF3N3O/c1-13(14-5-3-2-4-6-14)26-19(28)15-7-9-27(10-8-15)18-17(21)11-16(12-25-18)20(22,23)24/h2-6,11-13,15H,7-10H2,1H3,(H,26,28)/t13-/m1/s1. The molecule has 0 bridgehead atoms. The Kier molecular flexibility index (Phi) is 6.13. The Bertz CT molecular complexity index is 821. The monoisotopic (exact) mass is 411 g/mol. The summed E-state index contributed by atoms with van der Waals surface area (Å²) in [5, 5.41) is 3.00. The molecule has 1 atom stereocenters. The number of benzene rings is 1. The van der Waals surface area contributed by atoms with Gasteiger partial charge in [-0.3, -0.25) is 4.79 Å². The van der Waals surface area contributed by atoms with E-state index < -0.39 is 11.7 Å². The van der Waals surface area contributed by atoms with Crippen LogP contribution >= 0.6 is 11.6 Å². The summed E-state index contributed by atoms with van der Waals surface area (Å²) >= 11 is 6.02. The molecule has 28 heavy (non-hydrogen) atoms. The molecular formula is C20H21ClF3N3O. The number of amides is 1. The van der Waals surface area contributed by atoms with Gasteiger partial charge in [-0.2, -0.15) is 13.2 Å². The number of hydrogen-bond acceptors (Lipinski definition) is 3. The van der Waals surface area contributed by atoms with Crippen LogP contribution in [0.5, 0.6) is 0 Å². The van der Waals surface area contributed by atoms with Gasteiger partial charge >= 0.3 is 6.18 Å². The number of carbonyl (C=O) groups excluding carboxylic acids is 1. The average Bonchev–Trinajstić information content (AvgIpc) is 2.68. The maximum atomic E-state index is 12.8. The van der Waals surface area contributed by atoms with Gasteiger partial charge in [0, 0.05) is 25.2 Å². The van der Waals surface area contributed by atoms with Crippen molar-refractivity contribution in [1.29, 1.82) is 0 Å². The molecule has 0 unspecified atom stereocenters. The first-order valence-electron chi connectivity index (χ1n) is 9.08. The van der Waals surface area contributed by atoms with E-state index in [-0.39, 0.29) is 22.9 Å². The zero-order valence-corrected chi connectivity index (χ0v) is 16.1. The lowest BCUT2D eigenvalue weighted by atomic mass is 9.95. The van der Waals surface area contributed by atoms with Crippen molar-refractivity contribution < 1.29 is 18.0 Å². The van der Waals surface area contributed by atoms with Crippen LogP contribution in [0.15, 0.2) is 42.6 Å². The van der Waals surface area contributed by atoms with Crippen molar-refractivity contribution in [3.8, 4) is 0 Å². The molecule has 150 valence electrons. The second kappa shape index (κ2) is 8.39. The molecule has 1 aromatic carbocycles. The minimum Gasteiger partial charge on any atom is -0.355 e. The lowest BCUT2D eigenvalue weighted by molar-refractivity contribution is -0.137. The topological polar surface area (TPSA) is 45.2 Å². The van der Waals surface area contributed by atoms with Crippen LogP contribution in [0.25, 0.3) is 0 Å². The van der Waals surface area contributed by atoms with Crippen LogP contribution in [-0.2, 0) is 11.0 Å². The van der Waals surface area contributed by atoms with E-state index in [1.165, 1.54) is 0 Å². The van der Waals surface area contributed by atoms with Crippen molar-refractivity contribution in [1.82, 2.24) is 10.3 Å². The fourth-order valence-corrected chi connectivity index (χ4v) is 3.61. The number of aromatic nitrogens is 1. The molecule has 0 aliphatic carbocycles. The quantitative estimate of drug-likeness (QED) is 0.782. The molecule has 1 saturated heterocycles. The first-order chi connectivity index (χ1) is 13.3. The van der Waals surface area contributed by atoms with E-state index >= 15 is 0 Å². The summed E-state index contributed by atoms with van der Waals surface area (Å²) in [7, 11) is 0. The maximum absolute atomic E-state index is 12.8. The van der Waals surface area contributed by atoms with Crippen LogP contribution in [0.1, 0.15) is 36.9 Å². The number of carbonyl (C=O) groups is 1. The van der Waals surface area contributed by atoms with Gasteiger partial charge in [0.1, 0.15) is 5.82 Å². The van der Waals surface area contributed by atoms with Gasteiger partial charge in [-0.25, -0.2) is 4.98 Å². The van der Waals surface area contributed by atoms with Crippen molar-refractivity contribution >= 4 is 23.3 Å². The van der Waals surface area contributed by atoms with Crippen molar-refractivity contribution in [2.45, 2.75) is 32.0 Å². The van der Waals surface area contributed by atoms with E-state index in [0.29, 0.717) is 31.7 Å². The molecule has 4 nitrogen and oxygen atoms in total. The van der Waals surface area contributed by atoms with E-state index in [2.05, 4.69) is 10.3 Å². The second-order valence-corrected chi connectivity index (χ2v) is 7.34. The number of hydrogen-bond donors (Lipinski definition) is 1. The molecule has 1 amide bonds. The molecule has 2 heterocycles. The Morgan fingerprint density at radius 3 is 2.46 bits per heavy atom. The highest BCUT2D eigenvalue weighted by atomic mass is 35.5. The molecule has 1 fully saturated rings. The Morgan fingerprint density at radius 2 is 1.89 bits per heavy atom. The van der Waals surface area contributed by atoms with Crippen LogP contribution in [0, 0.1) is 5.92 Å². The zero-order chi connectivity index (χ0) is 20.3. The number of piperidine rings is 1. The Hall–Kier alpha value is -2.28. The molecule has 0 radical (unpaired) electrons. The van der Waals surface area contributed by atoms with Gasteiger partial charge in [-0.05, 0) is 31.4 Å². The molecule has 0 spiro atoms. The van der Waals surface area contributed by atoms with Gasteiger partial charge in [-0.15, -0.1) is 0 Å². The third-order valence-corrected chi connectivity index (χ3v) is 5.25. The Balaban J connectivity index is 1.58. The third kappa shape index (κ3) is 4.76. The first kappa shape index (κ1) is 20.5. The number of alkyl halides is 3. The zero-order valence-electron chi connectivity index (χ0n) is 15.3. The van der Waals surface area contributed by atoms with Crippen LogP contribution in [0.2, 0.25) is 5.02 Å². The maximum Gasteiger partial charge on any atom is 0.417 e. The van der Waals surface area contributed by atoms with E-state index in [9.17, 15) is 18.0 Å². The van der Waals surface area contributed by atoms with Gasteiger partial charge < -0.3 is 10.2 Å². The van der Waals surface area contributed by atoms with Crippen molar-refractivity contribution in [3.05, 3.63) is 58.7 Å². The van der Waals surface area contributed by atoms with Gasteiger partial charge in [0.05, 0.1) is 16.6 Å². The SMILES string of the molecule is C[C@@H](NC(=O)C1CCN(c2ncc(C(F)(F)F)cc2Cl)CC1)c1ccccc1. The van der Waals surface area contributed by atoms with E-state index in [1.54, 1.807) is 0 Å². The van der Waals surface area contributed by atoms with Crippen LogP contribution in [-0.4, -0.2) is 24.0 Å². The summed E-state index contributed by atoms with van der Waals surface area (Å²) in [5.41, 5.74) is 0.166. The average molecular weight is 412 g/mol. The predicted octanol–water partition coefficient (Wildman–Crippen LogP) is 4.85. The highest BCUT2D eigenvalue weighted by molar-refractivity contribution is 6.33. The van der Waals surface area contributed by atoms with Gasteiger partial charge in [0.15, 0.2) is 0 Å². The van der Waals surface area contributed by atoms with Crippen LogP contribution in [0.3, 0.4) is 0 Å². The lowest BCUT2D eigenvalue weighted by Crippen LogP contribution is -2.41. The van der Waals surface area contributed by atoms with Crippen LogP contribution in [0.4, 0.5) is 19.0 Å². The van der Waals surface area contributed by atoms with E-state index in [4.69, 9.17) is 11.6 Å². The Labute approximate surface area is 166 Å². The summed E-state index contributed by atoms with van der Waals surface area (Å²) in [6, 6.07) is 10.5. The van der Waals surface area contributed by atoms with Gasteiger partial charge in [0.2, 0.25) is 5.91 Å². The fourth-order valence-electron chi connectivity index (χ4n) is 3.33. The number of pyridine rings is 1. The number of nitrogens with zero attached hydrogens (tertiary/aromatic N) is 2. The van der Waals surface area contributed by atoms with Crippen molar-refractivity contribution in [2.24, 2.45) is 5.92 Å². The molecule has 8 heteroatoms. The van der Waals surface area contributed by atoms with Gasteiger partial charge in [0.25, 0.3) is 0 Å². The fraction of sp³-hybridized carbons (Fsp3) is 0.400. The highest BCUT2D eigenvalue weighted by Gasteiger charge is 2.33. The second-order valence-electron chi connectivity index (χ2n) is 6.93. The molecule has 0 saturated carbocycles. The highest BCUT2D eigenvalue weighted by Crippen LogP contribution is 2.34. The largest absolute Gasteiger partial charge is 0.417 e. The summed E-state index contributed by atoms with van der Waals surface area (Å²) in [6.07, 6.45) is -2.50. The minimum absolute atomic E-state index is 0.0116. The summed E-state index contributed by atoms with van der Waals surface area (Å²) in [6.45, 7) is 2.96. The molecule has 3 rings (SSSR count). The first-order valence-corrected chi connectivity index (χ1v) is 9.46. The molecule has 1 aromatic heterocycles. The smallest absolute Gasteiger partial charge is 0.355 e. The van der Waals surface area contributed by atoms with Crippen molar-refractivity contribution in [3.63, 3.8) is 0 Å². The molecule has 1 N–H and O–H groups in total. The summed E-state index contributed by atoms with van der Waals surface area (Å²) in [4.78, 5) is 18.3. The number of rotatable bonds is 4. The van der Waals surface area contributed by atoms with E-state index in [0.717, 1.165) is 17.8 Å². The normalized spacial score (nSPS) is 16.7. The molecular weight excluding hydrogens is 391 g/mol. The predicted molar refractivity (Wildman–Crippen MR) is 102 cm³/mol. The summed E-state index contributed by atoms with van der Waals surface area (Å²) < 4.78 is 38.3. The van der Waals surface area contributed by atoms with E-state index in [1.807, 2.05) is 42.2 Å². The summed E-state index contributed by atoms with van der Waals surface area (Å²) in [5.74, 6) is 0.171. The lowest BCUT2D eigenvalue weighted by Gasteiger charge is -2.33. The third-order valence-electron chi connectivity index (χ3n) is 4.97. The minimum atomic E-state index is -4.48. The molecule has 2 aromatic rings. The van der Waals surface area contributed by atoms with Crippen LogP contribution < -0.4 is 10.2 Å². The molecule has 1 aliphatic rings. The number of nitrogens with one attached hydrogen (secondary N) is 1. The molecule has 1 aliphatic heterocycles. The Morgan fingerprint density at radius 1 is 1.25 bits per heavy atom. The number of halogens is 4. The van der Waals surface area contributed by atoms with Crippen molar-refractivity contribution in [2.75, 3.05) is 18.0 Å². The van der Waals surface area contributed by atoms with Gasteiger partial charge in [-0.1, -0.05) is 41.9 Å². The number of anilines is 1.